The van der Waals surface area contributed by atoms with Gasteiger partial charge in [0, 0.05) is 39.4 Å². The van der Waals surface area contributed by atoms with Gasteiger partial charge in [-0.3, -0.25) is 24.0 Å². The monoisotopic (exact) mass is 396 g/mol. The molecule has 2 aromatic rings. The summed E-state index contributed by atoms with van der Waals surface area (Å²) in [5, 5.41) is 4.45. The normalized spacial score (nSPS) is 15.7. The van der Waals surface area contributed by atoms with Crippen molar-refractivity contribution in [2.75, 3.05) is 26.8 Å². The molecule has 0 saturated heterocycles. The fourth-order valence-corrected chi connectivity index (χ4v) is 4.13. The second kappa shape index (κ2) is 7.44. The Balaban J connectivity index is 1.55. The number of hydrogen-bond donors (Lipinski definition) is 0. The summed E-state index contributed by atoms with van der Waals surface area (Å²) in [4.78, 5) is 41.3. The zero-order valence-corrected chi connectivity index (χ0v) is 16.9. The number of carbonyl (C=O) groups is 3. The molecule has 0 atom stereocenters. The molecule has 4 rings (SSSR count). The lowest BCUT2D eigenvalue weighted by Crippen LogP contribution is -2.36. The molecular formula is C21H24N4O4. The van der Waals surface area contributed by atoms with Gasteiger partial charge in [-0.1, -0.05) is 0 Å². The van der Waals surface area contributed by atoms with E-state index in [1.54, 1.807) is 30.2 Å². The smallest absolute Gasteiger partial charge is 0.261 e. The molecule has 152 valence electrons. The molecule has 8 heteroatoms. The van der Waals surface area contributed by atoms with Crippen molar-refractivity contribution < 1.29 is 19.1 Å². The summed E-state index contributed by atoms with van der Waals surface area (Å²) in [6.45, 7) is 3.85. The Morgan fingerprint density at radius 1 is 1.21 bits per heavy atom. The van der Waals surface area contributed by atoms with E-state index in [0.29, 0.717) is 49.4 Å². The van der Waals surface area contributed by atoms with Crippen LogP contribution in [0.2, 0.25) is 0 Å². The lowest BCUT2D eigenvalue weighted by atomic mass is 10.0. The number of ether oxygens (including phenoxy) is 1. The molecule has 0 aliphatic carbocycles. The summed E-state index contributed by atoms with van der Waals surface area (Å²) in [5.74, 6) is -0.803. The minimum Gasteiger partial charge on any atom is -0.385 e. The largest absolute Gasteiger partial charge is 0.385 e. The summed E-state index contributed by atoms with van der Waals surface area (Å²) in [5.41, 5.74) is 4.33. The number of rotatable bonds is 5. The van der Waals surface area contributed by atoms with Crippen LogP contribution in [0.5, 0.6) is 0 Å². The third-order valence-electron chi connectivity index (χ3n) is 5.68. The number of aryl methyl sites for hydroxylation is 2. The first kappa shape index (κ1) is 19.3. The zero-order chi connectivity index (χ0) is 20.7. The van der Waals surface area contributed by atoms with E-state index >= 15 is 0 Å². The molecule has 0 saturated carbocycles. The Morgan fingerprint density at radius 2 is 1.97 bits per heavy atom. The van der Waals surface area contributed by atoms with Gasteiger partial charge in [0.15, 0.2) is 0 Å². The number of carbonyl (C=O) groups excluding carboxylic acids is 3. The van der Waals surface area contributed by atoms with Gasteiger partial charge in [-0.05, 0) is 43.5 Å². The number of fused-ring (bicyclic) bond motifs is 2. The molecule has 3 heterocycles. The van der Waals surface area contributed by atoms with Crippen LogP contribution >= 0.6 is 0 Å². The van der Waals surface area contributed by atoms with Gasteiger partial charge in [0.1, 0.15) is 0 Å². The van der Waals surface area contributed by atoms with Crippen molar-refractivity contribution in [2.24, 2.45) is 7.05 Å². The number of aromatic nitrogens is 2. The highest BCUT2D eigenvalue weighted by Crippen LogP contribution is 2.27. The number of hydrogen-bond acceptors (Lipinski definition) is 5. The minimum absolute atomic E-state index is 0.143. The van der Waals surface area contributed by atoms with Gasteiger partial charge in [-0.15, -0.1) is 0 Å². The standard InChI is InChI=1S/C21H24N4O4/c1-13-15-7-9-24(12-18(15)23(2)22-13)19(26)14-5-6-16-17(11-14)21(28)25(20(16)27)8-4-10-29-3/h5-6,11H,4,7-10,12H2,1-3H3. The third kappa shape index (κ3) is 3.23. The van der Waals surface area contributed by atoms with Crippen LogP contribution in [0, 0.1) is 6.92 Å². The average Bonchev–Trinajstić information content (AvgIpc) is 3.14. The highest BCUT2D eigenvalue weighted by atomic mass is 16.5. The Labute approximate surface area is 169 Å². The van der Waals surface area contributed by atoms with Crippen molar-refractivity contribution in [1.29, 1.82) is 0 Å². The Hall–Kier alpha value is -3.00. The van der Waals surface area contributed by atoms with Gasteiger partial charge in [-0.25, -0.2) is 0 Å². The lowest BCUT2D eigenvalue weighted by molar-refractivity contribution is 0.0638. The molecule has 0 fully saturated rings. The molecule has 2 aliphatic heterocycles. The van der Waals surface area contributed by atoms with E-state index in [2.05, 4.69) is 5.10 Å². The van der Waals surface area contributed by atoms with Gasteiger partial charge in [-0.2, -0.15) is 5.10 Å². The second-order valence-corrected chi connectivity index (χ2v) is 7.48. The molecule has 29 heavy (non-hydrogen) atoms. The van der Waals surface area contributed by atoms with Crippen LogP contribution < -0.4 is 0 Å². The number of imide groups is 1. The van der Waals surface area contributed by atoms with Crippen LogP contribution in [-0.4, -0.2) is 64.1 Å². The van der Waals surface area contributed by atoms with Crippen molar-refractivity contribution in [3.8, 4) is 0 Å². The van der Waals surface area contributed by atoms with Crippen LogP contribution in [0.25, 0.3) is 0 Å². The molecule has 0 N–H and O–H groups in total. The van der Waals surface area contributed by atoms with Crippen molar-refractivity contribution in [3.05, 3.63) is 51.8 Å². The van der Waals surface area contributed by atoms with E-state index < -0.39 is 0 Å². The maximum atomic E-state index is 13.1. The Kier molecular flexibility index (Phi) is 4.96. The van der Waals surface area contributed by atoms with E-state index in [9.17, 15) is 14.4 Å². The zero-order valence-electron chi connectivity index (χ0n) is 16.9. The fourth-order valence-electron chi connectivity index (χ4n) is 4.13. The van der Waals surface area contributed by atoms with Gasteiger partial charge in [0.25, 0.3) is 17.7 Å². The van der Waals surface area contributed by atoms with E-state index in [0.717, 1.165) is 17.8 Å². The second-order valence-electron chi connectivity index (χ2n) is 7.48. The first-order chi connectivity index (χ1) is 13.9. The van der Waals surface area contributed by atoms with E-state index in [1.807, 2.05) is 18.7 Å². The highest BCUT2D eigenvalue weighted by molar-refractivity contribution is 6.22. The van der Waals surface area contributed by atoms with Crippen LogP contribution in [0.1, 0.15) is 54.4 Å². The maximum Gasteiger partial charge on any atom is 0.261 e. The molecule has 0 unspecified atom stereocenters. The first-order valence-corrected chi connectivity index (χ1v) is 9.72. The Morgan fingerprint density at radius 3 is 2.72 bits per heavy atom. The molecule has 8 nitrogen and oxygen atoms in total. The minimum atomic E-state index is -0.348. The van der Waals surface area contributed by atoms with Gasteiger partial charge in [0.2, 0.25) is 0 Å². The molecule has 1 aromatic carbocycles. The van der Waals surface area contributed by atoms with Gasteiger partial charge >= 0.3 is 0 Å². The van der Waals surface area contributed by atoms with Gasteiger partial charge < -0.3 is 9.64 Å². The van der Waals surface area contributed by atoms with Crippen molar-refractivity contribution in [2.45, 2.75) is 26.3 Å². The summed E-state index contributed by atoms with van der Waals surface area (Å²) in [6.07, 6.45) is 1.34. The third-order valence-corrected chi connectivity index (χ3v) is 5.68. The predicted octanol–water partition coefficient (Wildman–Crippen LogP) is 1.56. The maximum absolute atomic E-state index is 13.1. The van der Waals surface area contributed by atoms with E-state index in [4.69, 9.17) is 4.74 Å². The predicted molar refractivity (Wildman–Crippen MR) is 105 cm³/mol. The molecule has 2 aliphatic rings. The molecule has 0 radical (unpaired) electrons. The number of amides is 3. The van der Waals surface area contributed by atoms with E-state index in [-0.39, 0.29) is 17.7 Å². The van der Waals surface area contributed by atoms with Gasteiger partial charge in [0.05, 0.1) is 29.1 Å². The van der Waals surface area contributed by atoms with Crippen LogP contribution in [0.3, 0.4) is 0 Å². The van der Waals surface area contributed by atoms with Crippen molar-refractivity contribution in [3.63, 3.8) is 0 Å². The quantitative estimate of drug-likeness (QED) is 0.566. The van der Waals surface area contributed by atoms with Crippen LogP contribution in [0.15, 0.2) is 18.2 Å². The lowest BCUT2D eigenvalue weighted by Gasteiger charge is -2.27. The molecule has 0 bridgehead atoms. The van der Waals surface area contributed by atoms with Crippen LogP contribution in [0.4, 0.5) is 0 Å². The summed E-state index contributed by atoms with van der Waals surface area (Å²) in [6, 6.07) is 4.77. The number of nitrogens with zero attached hydrogens (tertiary/aromatic N) is 4. The average molecular weight is 396 g/mol. The first-order valence-electron chi connectivity index (χ1n) is 9.72. The van der Waals surface area contributed by atoms with Crippen molar-refractivity contribution in [1.82, 2.24) is 19.6 Å². The van der Waals surface area contributed by atoms with E-state index in [1.165, 1.54) is 10.5 Å². The molecule has 1 aromatic heterocycles. The SMILES string of the molecule is COCCCN1C(=O)c2ccc(C(=O)N3CCc4c(C)nn(C)c4C3)cc2C1=O. The Bertz CT molecular complexity index is 1010. The van der Waals surface area contributed by atoms with Crippen LogP contribution in [-0.2, 0) is 24.8 Å². The summed E-state index contributed by atoms with van der Waals surface area (Å²) < 4.78 is 6.82. The number of methoxy groups -OCH3 is 1. The number of benzene rings is 1. The molecule has 0 spiro atoms. The topological polar surface area (TPSA) is 84.7 Å². The summed E-state index contributed by atoms with van der Waals surface area (Å²) >= 11 is 0. The molecular weight excluding hydrogens is 372 g/mol. The molecule has 3 amide bonds. The highest BCUT2D eigenvalue weighted by Gasteiger charge is 2.36. The van der Waals surface area contributed by atoms with Crippen molar-refractivity contribution >= 4 is 17.7 Å². The summed E-state index contributed by atoms with van der Waals surface area (Å²) in [7, 11) is 3.47. The fraction of sp³-hybridized carbons (Fsp3) is 0.429.